The van der Waals surface area contributed by atoms with Crippen molar-refractivity contribution in [2.45, 2.75) is 24.2 Å². The Labute approximate surface area is 241 Å². The van der Waals surface area contributed by atoms with Crippen molar-refractivity contribution >= 4 is 57.4 Å². The first-order valence-corrected chi connectivity index (χ1v) is 12.0. The van der Waals surface area contributed by atoms with Gasteiger partial charge in [-0.25, -0.2) is 8.78 Å². The molecule has 0 aliphatic rings. The maximum Gasteiger partial charge on any atom is 0.435 e. The van der Waals surface area contributed by atoms with Crippen LogP contribution in [0.1, 0.15) is 31.8 Å². The highest BCUT2D eigenvalue weighted by molar-refractivity contribution is 14.1. The van der Waals surface area contributed by atoms with Crippen LogP contribution in [0.3, 0.4) is 0 Å². The van der Waals surface area contributed by atoms with Gasteiger partial charge in [0, 0.05) is 20.4 Å². The van der Waals surface area contributed by atoms with Crippen LogP contribution < -0.4 is 10.6 Å². The number of anilines is 2. The van der Waals surface area contributed by atoms with Crippen LogP contribution in [0.4, 0.5) is 59.7 Å². The molecule has 0 radical (unpaired) electrons. The number of halogens is 13. The summed E-state index contributed by atoms with van der Waals surface area (Å²) in [5.74, 6) is -2.92. The summed E-state index contributed by atoms with van der Waals surface area (Å²) in [6.45, 7) is 0. The third-order valence-electron chi connectivity index (χ3n) is 5.37. The minimum absolute atomic E-state index is 0.0956. The molecule has 2 N–H and O–H groups in total. The van der Waals surface area contributed by atoms with Crippen LogP contribution in [-0.2, 0) is 11.8 Å². The van der Waals surface area contributed by atoms with E-state index in [0.717, 1.165) is 52.9 Å². The highest BCUT2D eigenvalue weighted by Crippen LogP contribution is 2.54. The molecule has 0 bridgehead atoms. The molecule has 0 aliphatic carbocycles. The van der Waals surface area contributed by atoms with Crippen LogP contribution >= 0.6 is 34.2 Å². The van der Waals surface area contributed by atoms with Gasteiger partial charge in [-0.05, 0) is 71.1 Å². The van der Waals surface area contributed by atoms with Gasteiger partial charge in [-0.1, -0.05) is 17.7 Å². The number of nitrogens with one attached hydrogen (secondary N) is 2. The van der Waals surface area contributed by atoms with Crippen molar-refractivity contribution in [1.82, 2.24) is 0 Å². The maximum atomic E-state index is 14.5. The van der Waals surface area contributed by atoms with Gasteiger partial charge in [0.25, 0.3) is 11.8 Å². The van der Waals surface area contributed by atoms with Crippen molar-refractivity contribution in [1.29, 1.82) is 0 Å². The Bertz CT molecular complexity index is 1490. The van der Waals surface area contributed by atoms with E-state index < -0.39 is 73.8 Å². The summed E-state index contributed by atoms with van der Waals surface area (Å²) in [6.07, 6.45) is -19.0. The lowest BCUT2D eigenvalue weighted by Gasteiger charge is -2.31. The number of rotatable bonds is 5. The first-order chi connectivity index (χ1) is 18.7. The minimum atomic E-state index is -6.68. The van der Waals surface area contributed by atoms with E-state index in [1.165, 1.54) is 12.1 Å². The lowest BCUT2D eigenvalue weighted by atomic mass is 9.92. The Hall–Kier alpha value is -3.15. The fourth-order valence-electron chi connectivity index (χ4n) is 3.44. The lowest BCUT2D eigenvalue weighted by molar-refractivity contribution is -0.348. The average Bonchev–Trinajstić information content (AvgIpc) is 2.82. The Kier molecular flexibility index (Phi) is 8.89. The molecule has 0 aliphatic heterocycles. The van der Waals surface area contributed by atoms with Crippen molar-refractivity contribution in [2.75, 3.05) is 10.6 Å². The summed E-state index contributed by atoms with van der Waals surface area (Å²) >= 11 is 6.74. The third kappa shape index (κ3) is 6.68. The van der Waals surface area contributed by atoms with Crippen LogP contribution in [0, 0.1) is 9.39 Å². The van der Waals surface area contributed by atoms with Crippen LogP contribution in [0.2, 0.25) is 5.02 Å². The zero-order valence-electron chi connectivity index (χ0n) is 19.4. The van der Waals surface area contributed by atoms with E-state index in [1.807, 2.05) is 0 Å². The quantitative estimate of drug-likeness (QED) is 0.204. The third-order valence-corrected chi connectivity index (χ3v) is 6.54. The van der Waals surface area contributed by atoms with E-state index in [2.05, 4.69) is 5.32 Å². The highest BCUT2D eigenvalue weighted by Gasteiger charge is 2.73. The largest absolute Gasteiger partial charge is 0.435 e. The summed E-state index contributed by atoms with van der Waals surface area (Å²) < 4.78 is 147. The number of hydrogen-bond donors (Lipinski definition) is 2. The molecule has 0 aromatic heterocycles. The highest BCUT2D eigenvalue weighted by atomic mass is 127. The molecule has 0 unspecified atom stereocenters. The summed E-state index contributed by atoms with van der Waals surface area (Å²) in [5, 5.41) is 3.81. The molecule has 17 heteroatoms. The van der Waals surface area contributed by atoms with Gasteiger partial charge >= 0.3 is 24.2 Å². The van der Waals surface area contributed by atoms with E-state index in [4.69, 9.17) is 11.6 Å². The molecule has 3 aromatic carbocycles. The monoisotopic (exact) mass is 730 g/mol. The van der Waals surface area contributed by atoms with E-state index in [-0.39, 0.29) is 22.3 Å². The fourth-order valence-corrected chi connectivity index (χ4v) is 4.45. The molecule has 2 amide bonds. The molecule has 220 valence electrons. The molecule has 0 spiro atoms. The van der Waals surface area contributed by atoms with Crippen LogP contribution in [-0.4, -0.2) is 24.2 Å². The van der Waals surface area contributed by atoms with E-state index >= 15 is 0 Å². The van der Waals surface area contributed by atoms with Gasteiger partial charge in [0.2, 0.25) is 0 Å². The zero-order chi connectivity index (χ0) is 31.1. The Morgan fingerprint density at radius 2 is 1.37 bits per heavy atom. The number of alkyl halides is 10. The molecular formula is C24H11ClF11IN2O2. The van der Waals surface area contributed by atoms with Gasteiger partial charge in [-0.15, -0.1) is 0 Å². The molecule has 0 atom stereocenters. The lowest BCUT2D eigenvalue weighted by Crippen LogP contribution is -2.50. The SMILES string of the molecule is O=C(Nc1c(I)cc(C(F)(C(F)(F)F)C(F)(F)F)cc1C(F)(F)F)c1cccc(NC(=O)c2ccc(F)cc2Cl)c1. The molecule has 0 heterocycles. The van der Waals surface area contributed by atoms with E-state index in [0.29, 0.717) is 0 Å². The van der Waals surface area contributed by atoms with Gasteiger partial charge in [0.05, 0.1) is 21.8 Å². The molecule has 41 heavy (non-hydrogen) atoms. The van der Waals surface area contributed by atoms with Crippen molar-refractivity contribution in [2.24, 2.45) is 0 Å². The average molecular weight is 731 g/mol. The predicted octanol–water partition coefficient (Wildman–Crippen LogP) is 8.90. The van der Waals surface area contributed by atoms with Crippen molar-refractivity contribution < 1.29 is 57.9 Å². The fraction of sp³-hybridized carbons (Fsp3) is 0.167. The zero-order valence-corrected chi connectivity index (χ0v) is 22.3. The number of carbonyl (C=O) groups is 2. The van der Waals surface area contributed by atoms with E-state index in [9.17, 15) is 57.9 Å². The normalized spacial score (nSPS) is 12.7. The molecular weight excluding hydrogens is 720 g/mol. The van der Waals surface area contributed by atoms with Gasteiger partial charge in [-0.3, -0.25) is 9.59 Å². The summed E-state index contributed by atoms with van der Waals surface area (Å²) in [5.41, 5.74) is -12.6. The van der Waals surface area contributed by atoms with Crippen molar-refractivity contribution in [3.63, 3.8) is 0 Å². The number of amides is 2. The second-order valence-electron chi connectivity index (χ2n) is 8.15. The molecule has 4 nitrogen and oxygen atoms in total. The first-order valence-electron chi connectivity index (χ1n) is 10.6. The van der Waals surface area contributed by atoms with Gasteiger partial charge in [0.1, 0.15) is 5.82 Å². The van der Waals surface area contributed by atoms with Crippen LogP contribution in [0.5, 0.6) is 0 Å². The molecule has 3 rings (SSSR count). The van der Waals surface area contributed by atoms with Gasteiger partial charge < -0.3 is 10.6 Å². The number of benzene rings is 3. The molecule has 0 saturated carbocycles. The minimum Gasteiger partial charge on any atom is -0.322 e. The summed E-state index contributed by atoms with van der Waals surface area (Å²) in [6, 6.07) is 6.51. The smallest absolute Gasteiger partial charge is 0.322 e. The number of carbonyl (C=O) groups excluding carboxylic acids is 2. The maximum absolute atomic E-state index is 14.5. The Morgan fingerprint density at radius 3 is 1.90 bits per heavy atom. The predicted molar refractivity (Wildman–Crippen MR) is 133 cm³/mol. The van der Waals surface area contributed by atoms with Gasteiger partial charge in [-0.2, -0.15) is 39.5 Å². The molecule has 3 aromatic rings. The Balaban J connectivity index is 1.99. The first kappa shape index (κ1) is 32.4. The van der Waals surface area contributed by atoms with E-state index in [1.54, 1.807) is 5.32 Å². The Morgan fingerprint density at radius 1 is 0.756 bits per heavy atom. The number of hydrogen-bond acceptors (Lipinski definition) is 2. The second-order valence-corrected chi connectivity index (χ2v) is 9.71. The summed E-state index contributed by atoms with van der Waals surface area (Å²) in [7, 11) is 0. The molecule has 0 saturated heterocycles. The topological polar surface area (TPSA) is 58.2 Å². The van der Waals surface area contributed by atoms with Crippen molar-refractivity contribution in [3.05, 3.63) is 91.3 Å². The molecule has 0 fully saturated rings. The standard InChI is InChI=1S/C24H11ClF11IN2O2/c25-16-9-12(26)4-5-14(16)20(41)38-13-3-1-2-10(6-13)19(40)39-18-15(22(28,29)30)7-11(8-17(18)37)21(27,23(31,32)33)24(34,35)36/h1-9H,(H,38,41)(H,39,40). The van der Waals surface area contributed by atoms with Crippen LogP contribution in [0.25, 0.3) is 0 Å². The second kappa shape index (κ2) is 11.3. The van der Waals surface area contributed by atoms with Crippen LogP contribution in [0.15, 0.2) is 54.6 Å². The summed E-state index contributed by atoms with van der Waals surface area (Å²) in [4.78, 5) is 25.2. The van der Waals surface area contributed by atoms with Crippen molar-refractivity contribution in [3.8, 4) is 0 Å². The van der Waals surface area contributed by atoms with Gasteiger partial charge in [0.15, 0.2) is 0 Å².